The second-order valence-corrected chi connectivity index (χ2v) is 10.0. The van der Waals surface area contributed by atoms with Gasteiger partial charge in [0.1, 0.15) is 5.67 Å². The molecule has 0 N–H and O–H groups in total. The van der Waals surface area contributed by atoms with E-state index >= 15 is 0 Å². The molecule has 0 aromatic heterocycles. The van der Waals surface area contributed by atoms with Crippen molar-refractivity contribution in [2.24, 2.45) is 11.8 Å². The van der Waals surface area contributed by atoms with E-state index in [4.69, 9.17) is 0 Å². The number of aryl methyl sites for hydroxylation is 1. The number of halogens is 1. The molecule has 0 radical (unpaired) electrons. The number of hydrogen-bond acceptors (Lipinski definition) is 0. The third kappa shape index (κ3) is 16.0. The Morgan fingerprint density at radius 2 is 1.39 bits per heavy atom. The van der Waals surface area contributed by atoms with Crippen LogP contribution >= 0.6 is 0 Å². The van der Waals surface area contributed by atoms with Crippen molar-refractivity contribution in [3.05, 3.63) is 60.2 Å². The molecule has 0 heterocycles. The van der Waals surface area contributed by atoms with Crippen molar-refractivity contribution in [2.45, 2.75) is 120 Å². The van der Waals surface area contributed by atoms with Gasteiger partial charge in [-0.1, -0.05) is 96.4 Å². The number of alkyl halides is 1. The van der Waals surface area contributed by atoms with Crippen LogP contribution in [0.3, 0.4) is 0 Å². The zero-order chi connectivity index (χ0) is 24.0. The van der Waals surface area contributed by atoms with Crippen LogP contribution in [0.15, 0.2) is 49.1 Å². The van der Waals surface area contributed by atoms with E-state index in [2.05, 4.69) is 98.9 Å². The van der Waals surface area contributed by atoms with Gasteiger partial charge < -0.3 is 0 Å². The Balaban J connectivity index is -0.000000490. The molecular formula is C30H55F. The van der Waals surface area contributed by atoms with E-state index in [-0.39, 0.29) is 18.8 Å². The molecule has 1 atom stereocenters. The van der Waals surface area contributed by atoms with Crippen molar-refractivity contribution >= 4 is 0 Å². The van der Waals surface area contributed by atoms with Crippen LogP contribution in [0.1, 0.15) is 113 Å². The Labute approximate surface area is 196 Å². The molecule has 0 fully saturated rings. The van der Waals surface area contributed by atoms with Crippen LogP contribution in [-0.2, 0) is 5.41 Å². The average Bonchev–Trinajstić information content (AvgIpc) is 2.62. The predicted molar refractivity (Wildman–Crippen MR) is 144 cm³/mol. The van der Waals surface area contributed by atoms with Gasteiger partial charge in [-0.2, -0.15) is 0 Å². The second-order valence-electron chi connectivity index (χ2n) is 10.0. The molecule has 0 spiro atoms. The minimum Gasteiger partial charge on any atom is -0.244 e. The van der Waals surface area contributed by atoms with Crippen molar-refractivity contribution in [3.63, 3.8) is 0 Å². The van der Waals surface area contributed by atoms with Gasteiger partial charge in [-0.05, 0) is 76.7 Å². The van der Waals surface area contributed by atoms with E-state index in [9.17, 15) is 4.39 Å². The fraction of sp³-hybridized carbons (Fsp3) is 0.667. The summed E-state index contributed by atoms with van der Waals surface area (Å²) in [5, 5.41) is 0. The summed E-state index contributed by atoms with van der Waals surface area (Å²) in [4.78, 5) is 0. The van der Waals surface area contributed by atoms with Gasteiger partial charge >= 0.3 is 0 Å². The summed E-state index contributed by atoms with van der Waals surface area (Å²) in [6.45, 7) is 27.1. The van der Waals surface area contributed by atoms with Crippen LogP contribution in [0, 0.1) is 18.8 Å². The highest BCUT2D eigenvalue weighted by molar-refractivity contribution is 5.27. The second kappa shape index (κ2) is 17.2. The van der Waals surface area contributed by atoms with Crippen molar-refractivity contribution in [2.75, 3.05) is 0 Å². The van der Waals surface area contributed by atoms with Gasteiger partial charge in [-0.15, -0.1) is 13.2 Å². The number of rotatable bonds is 9. The molecular weight excluding hydrogens is 379 g/mol. The van der Waals surface area contributed by atoms with E-state index in [1.807, 2.05) is 0 Å². The molecule has 0 saturated heterocycles. The van der Waals surface area contributed by atoms with Crippen LogP contribution in [0.4, 0.5) is 4.39 Å². The molecule has 1 unspecified atom stereocenters. The van der Waals surface area contributed by atoms with E-state index < -0.39 is 5.67 Å². The standard InChI is InChI=1S/C17H26.C10H21F.C2H4.CH4/c1-13(2)11-15(4)12-17(5,6)16-9-7-14(3)8-10-16;1-5-7-9(8-6-2)10(3,4)11;1-2;/h7-11,15H,12H2,1-6H3;9H,5-8H2,1-4H3;1-2H2;1H4. The summed E-state index contributed by atoms with van der Waals surface area (Å²) in [7, 11) is 0. The SMILES string of the molecule is C.C=C.CC(C)=CC(C)CC(C)(C)c1ccc(C)cc1.CCCC(CCC)C(C)(C)F. The first-order valence-electron chi connectivity index (χ1n) is 11.7. The van der Waals surface area contributed by atoms with Crippen molar-refractivity contribution in [1.82, 2.24) is 0 Å². The minimum absolute atomic E-state index is 0. The van der Waals surface area contributed by atoms with Crippen molar-refractivity contribution in [1.29, 1.82) is 0 Å². The summed E-state index contributed by atoms with van der Waals surface area (Å²) < 4.78 is 13.4. The van der Waals surface area contributed by atoms with E-state index in [1.54, 1.807) is 13.8 Å². The lowest BCUT2D eigenvalue weighted by Crippen LogP contribution is -2.25. The summed E-state index contributed by atoms with van der Waals surface area (Å²) in [6, 6.07) is 8.96. The van der Waals surface area contributed by atoms with Gasteiger partial charge in [0.2, 0.25) is 0 Å². The molecule has 0 aliphatic heterocycles. The molecule has 0 bridgehead atoms. The van der Waals surface area contributed by atoms with E-state index in [0.717, 1.165) is 25.7 Å². The summed E-state index contributed by atoms with van der Waals surface area (Å²) in [5.41, 5.74) is 3.46. The Morgan fingerprint density at radius 3 is 1.71 bits per heavy atom. The lowest BCUT2D eigenvalue weighted by Gasteiger charge is -2.28. The topological polar surface area (TPSA) is 0 Å². The molecule has 0 amide bonds. The smallest absolute Gasteiger partial charge is 0.108 e. The zero-order valence-corrected chi connectivity index (χ0v) is 21.9. The molecule has 0 nitrogen and oxygen atoms in total. The molecule has 0 aliphatic rings. The van der Waals surface area contributed by atoms with E-state index in [1.165, 1.54) is 23.1 Å². The van der Waals surface area contributed by atoms with E-state index in [0.29, 0.717) is 5.92 Å². The minimum atomic E-state index is -0.980. The normalized spacial score (nSPS) is 11.9. The lowest BCUT2D eigenvalue weighted by atomic mass is 9.77. The molecule has 1 rings (SSSR count). The Morgan fingerprint density at radius 1 is 0.968 bits per heavy atom. The molecule has 182 valence electrons. The summed E-state index contributed by atoms with van der Waals surface area (Å²) in [5.74, 6) is 0.897. The maximum Gasteiger partial charge on any atom is 0.108 e. The van der Waals surface area contributed by atoms with Crippen LogP contribution in [-0.4, -0.2) is 5.67 Å². The number of hydrogen-bond donors (Lipinski definition) is 0. The highest BCUT2D eigenvalue weighted by Crippen LogP contribution is 2.31. The Hall–Kier alpha value is -1.37. The fourth-order valence-corrected chi connectivity index (χ4v) is 4.08. The Bertz CT molecular complexity index is 561. The van der Waals surface area contributed by atoms with Gasteiger partial charge in [-0.25, -0.2) is 4.39 Å². The first-order valence-corrected chi connectivity index (χ1v) is 11.7. The van der Waals surface area contributed by atoms with Crippen LogP contribution in [0.2, 0.25) is 0 Å². The molecule has 1 aromatic rings. The highest BCUT2D eigenvalue weighted by Gasteiger charge is 2.27. The van der Waals surface area contributed by atoms with Crippen LogP contribution in [0.5, 0.6) is 0 Å². The largest absolute Gasteiger partial charge is 0.244 e. The van der Waals surface area contributed by atoms with Crippen molar-refractivity contribution < 1.29 is 4.39 Å². The van der Waals surface area contributed by atoms with Crippen LogP contribution in [0.25, 0.3) is 0 Å². The third-order valence-corrected chi connectivity index (χ3v) is 5.53. The highest BCUT2D eigenvalue weighted by atomic mass is 19.1. The molecule has 1 heteroatoms. The first-order chi connectivity index (χ1) is 13.8. The average molecular weight is 435 g/mol. The molecule has 31 heavy (non-hydrogen) atoms. The number of benzene rings is 1. The predicted octanol–water partition coefficient (Wildman–Crippen LogP) is 10.7. The zero-order valence-electron chi connectivity index (χ0n) is 21.9. The van der Waals surface area contributed by atoms with Gasteiger partial charge in [-0.3, -0.25) is 0 Å². The van der Waals surface area contributed by atoms with Gasteiger partial charge in [0.25, 0.3) is 0 Å². The third-order valence-electron chi connectivity index (χ3n) is 5.53. The molecule has 1 aromatic carbocycles. The fourth-order valence-electron chi connectivity index (χ4n) is 4.08. The van der Waals surface area contributed by atoms with Crippen molar-refractivity contribution in [3.8, 4) is 0 Å². The maximum absolute atomic E-state index is 13.4. The summed E-state index contributed by atoms with van der Waals surface area (Å²) in [6.07, 6.45) is 7.81. The quantitative estimate of drug-likeness (QED) is 0.339. The molecule has 0 saturated carbocycles. The Kier molecular flexibility index (Phi) is 19.0. The maximum atomic E-state index is 13.4. The number of allylic oxidation sites excluding steroid dienone is 2. The monoisotopic (exact) mass is 434 g/mol. The van der Waals surface area contributed by atoms with Crippen LogP contribution < -0.4 is 0 Å². The van der Waals surface area contributed by atoms with Gasteiger partial charge in [0, 0.05) is 0 Å². The summed E-state index contributed by atoms with van der Waals surface area (Å²) >= 11 is 0. The van der Waals surface area contributed by atoms with Gasteiger partial charge in [0.15, 0.2) is 0 Å². The van der Waals surface area contributed by atoms with Gasteiger partial charge in [0.05, 0.1) is 0 Å². The lowest BCUT2D eigenvalue weighted by molar-refractivity contribution is 0.109. The first kappa shape index (κ1) is 34.2. The molecule has 0 aliphatic carbocycles.